The van der Waals surface area contributed by atoms with E-state index in [4.69, 9.17) is 19.2 Å². The molecule has 2 bridgehead atoms. The number of hydrogen-bond donors (Lipinski definition) is 1. The van der Waals surface area contributed by atoms with E-state index in [9.17, 15) is 5.11 Å². The van der Waals surface area contributed by atoms with E-state index in [1.165, 1.54) is 6.42 Å². The second-order valence-electron chi connectivity index (χ2n) is 7.47. The van der Waals surface area contributed by atoms with Gasteiger partial charge >= 0.3 is 0 Å². The molecule has 5 nitrogen and oxygen atoms in total. The number of rotatable bonds is 0. The number of aliphatic hydroxyl groups excluding tert-OH is 1. The summed E-state index contributed by atoms with van der Waals surface area (Å²) in [4.78, 5) is 11.7. The zero-order valence-electron chi connectivity index (χ0n) is 12.4. The predicted octanol–water partition coefficient (Wildman–Crippen LogP) is 1.84. The summed E-state index contributed by atoms with van der Waals surface area (Å²) in [6, 6.07) is 0. The summed E-state index contributed by atoms with van der Waals surface area (Å²) in [7, 11) is 0. The summed E-state index contributed by atoms with van der Waals surface area (Å²) in [5.74, 6) is 1.18. The molecule has 4 aliphatic heterocycles. The van der Waals surface area contributed by atoms with Gasteiger partial charge in [0.05, 0.1) is 6.61 Å². The Morgan fingerprint density at radius 1 is 1.10 bits per heavy atom. The van der Waals surface area contributed by atoms with Crippen molar-refractivity contribution in [3.63, 3.8) is 0 Å². The standard InChI is InChI=1S/C15H24O5/c1-8-4-5-10-9(2)12(16)18-13-15(10)11(8)6-14(3,7-17-13)19-20-15/h8-13,16H,4-7H2,1-3H3/t8-,9+,10-,11-,12-,13-,14+,15+/m1/s1. The molecule has 1 aliphatic carbocycles. The highest BCUT2D eigenvalue weighted by Gasteiger charge is 2.69. The maximum Gasteiger partial charge on any atom is 0.193 e. The van der Waals surface area contributed by atoms with Gasteiger partial charge in [0, 0.05) is 17.8 Å². The Bertz CT molecular complexity index is 415. The van der Waals surface area contributed by atoms with Crippen LogP contribution in [0.2, 0.25) is 0 Å². The lowest BCUT2D eigenvalue weighted by molar-refractivity contribution is -0.494. The third kappa shape index (κ3) is 1.56. The minimum Gasteiger partial charge on any atom is -0.368 e. The molecule has 1 spiro atoms. The van der Waals surface area contributed by atoms with E-state index >= 15 is 0 Å². The van der Waals surface area contributed by atoms with Crippen molar-refractivity contribution in [3.05, 3.63) is 0 Å². The van der Waals surface area contributed by atoms with Crippen LogP contribution in [0.1, 0.15) is 40.0 Å². The lowest BCUT2D eigenvalue weighted by Gasteiger charge is -2.59. The van der Waals surface area contributed by atoms with Crippen molar-refractivity contribution in [1.82, 2.24) is 0 Å². The van der Waals surface area contributed by atoms with Crippen LogP contribution in [0.25, 0.3) is 0 Å². The molecule has 0 amide bonds. The molecule has 0 aromatic carbocycles. The number of fused-ring (bicyclic) bond motifs is 2. The van der Waals surface area contributed by atoms with Crippen LogP contribution in [0.15, 0.2) is 0 Å². The van der Waals surface area contributed by atoms with Crippen LogP contribution in [0.4, 0.5) is 0 Å². The molecular weight excluding hydrogens is 260 g/mol. The highest BCUT2D eigenvalue weighted by molar-refractivity contribution is 5.10. The van der Waals surface area contributed by atoms with Gasteiger partial charge in [0.1, 0.15) is 5.60 Å². The van der Waals surface area contributed by atoms with E-state index in [1.54, 1.807) is 0 Å². The molecule has 8 atom stereocenters. The lowest BCUT2D eigenvalue weighted by Crippen LogP contribution is -2.69. The minimum atomic E-state index is -0.779. The fraction of sp³-hybridized carbons (Fsp3) is 1.00. The van der Waals surface area contributed by atoms with Crippen molar-refractivity contribution in [2.24, 2.45) is 23.7 Å². The molecule has 0 aromatic rings. The monoisotopic (exact) mass is 284 g/mol. The maximum atomic E-state index is 10.2. The van der Waals surface area contributed by atoms with Crippen LogP contribution in [0.5, 0.6) is 0 Å². The molecule has 20 heavy (non-hydrogen) atoms. The van der Waals surface area contributed by atoms with Crippen LogP contribution in [-0.2, 0) is 19.2 Å². The maximum absolute atomic E-state index is 10.2. The van der Waals surface area contributed by atoms with E-state index in [0.29, 0.717) is 18.4 Å². The van der Waals surface area contributed by atoms with E-state index in [1.807, 2.05) is 13.8 Å². The quantitative estimate of drug-likeness (QED) is 0.688. The van der Waals surface area contributed by atoms with Gasteiger partial charge in [0.25, 0.3) is 0 Å². The molecule has 1 N–H and O–H groups in total. The average molecular weight is 284 g/mol. The molecule has 5 rings (SSSR count). The van der Waals surface area contributed by atoms with Crippen LogP contribution >= 0.6 is 0 Å². The van der Waals surface area contributed by atoms with Crippen molar-refractivity contribution in [2.45, 2.75) is 63.8 Å². The van der Waals surface area contributed by atoms with Crippen molar-refractivity contribution in [2.75, 3.05) is 6.61 Å². The van der Waals surface area contributed by atoms with E-state index in [0.717, 1.165) is 12.8 Å². The fourth-order valence-electron chi connectivity index (χ4n) is 4.87. The lowest BCUT2D eigenvalue weighted by atomic mass is 9.57. The van der Waals surface area contributed by atoms with Gasteiger partial charge in [-0.15, -0.1) is 0 Å². The Labute approximate surface area is 119 Å². The van der Waals surface area contributed by atoms with E-state index in [-0.39, 0.29) is 11.8 Å². The Hall–Kier alpha value is -0.200. The van der Waals surface area contributed by atoms with Gasteiger partial charge in [-0.25, -0.2) is 9.78 Å². The summed E-state index contributed by atoms with van der Waals surface area (Å²) in [5.41, 5.74) is -0.951. The Balaban J connectivity index is 1.82. The van der Waals surface area contributed by atoms with Gasteiger partial charge in [-0.05, 0) is 32.1 Å². The molecule has 0 unspecified atom stereocenters. The predicted molar refractivity (Wildman–Crippen MR) is 69.3 cm³/mol. The second kappa shape index (κ2) is 4.17. The topological polar surface area (TPSA) is 57.2 Å². The van der Waals surface area contributed by atoms with Gasteiger partial charge in [0.2, 0.25) is 0 Å². The van der Waals surface area contributed by atoms with Crippen LogP contribution in [0.3, 0.4) is 0 Å². The molecule has 114 valence electrons. The van der Waals surface area contributed by atoms with Crippen molar-refractivity contribution < 1.29 is 24.4 Å². The molecule has 5 fully saturated rings. The van der Waals surface area contributed by atoms with Gasteiger partial charge in [0.15, 0.2) is 18.2 Å². The first-order chi connectivity index (χ1) is 9.46. The molecular formula is C15H24O5. The molecule has 1 saturated carbocycles. The zero-order chi connectivity index (χ0) is 14.1. The highest BCUT2D eigenvalue weighted by atomic mass is 17.2. The SMILES string of the molecule is C[C@@H]1[C@H](O)O[C@H]2OC[C@]3(C)C[C@@H]4[C@H](C)CC[C@H]1[C@@]24OO3. The minimum absolute atomic E-state index is 0.0379. The molecule has 4 heterocycles. The number of hydrogen-bond acceptors (Lipinski definition) is 5. The van der Waals surface area contributed by atoms with Crippen molar-refractivity contribution in [3.8, 4) is 0 Å². The number of aliphatic hydroxyl groups is 1. The first kappa shape index (κ1) is 13.5. The van der Waals surface area contributed by atoms with Gasteiger partial charge in [-0.2, -0.15) is 0 Å². The van der Waals surface area contributed by atoms with Crippen LogP contribution in [-0.4, -0.2) is 35.5 Å². The Morgan fingerprint density at radius 3 is 2.70 bits per heavy atom. The molecule has 5 aliphatic rings. The average Bonchev–Trinajstić information content (AvgIpc) is 2.63. The zero-order valence-corrected chi connectivity index (χ0v) is 12.4. The summed E-state index contributed by atoms with van der Waals surface area (Å²) in [6.07, 6.45) is 1.83. The molecule has 0 aromatic heterocycles. The third-order valence-electron chi connectivity index (χ3n) is 6.07. The summed E-state index contributed by atoms with van der Waals surface area (Å²) in [5, 5.41) is 10.2. The summed E-state index contributed by atoms with van der Waals surface area (Å²) >= 11 is 0. The van der Waals surface area contributed by atoms with E-state index in [2.05, 4.69) is 6.92 Å². The smallest absolute Gasteiger partial charge is 0.193 e. The van der Waals surface area contributed by atoms with E-state index < -0.39 is 23.8 Å². The fourth-order valence-corrected chi connectivity index (χ4v) is 4.87. The summed E-state index contributed by atoms with van der Waals surface area (Å²) < 4.78 is 11.7. The van der Waals surface area contributed by atoms with Gasteiger partial charge in [-0.1, -0.05) is 13.8 Å². The van der Waals surface area contributed by atoms with Crippen LogP contribution in [0, 0.1) is 23.7 Å². The number of ether oxygens (including phenoxy) is 2. The molecule has 4 saturated heterocycles. The Kier molecular flexibility index (Phi) is 2.81. The first-order valence-corrected chi connectivity index (χ1v) is 7.78. The molecule has 0 radical (unpaired) electrons. The first-order valence-electron chi connectivity index (χ1n) is 7.78. The normalized spacial score (nSPS) is 61.8. The van der Waals surface area contributed by atoms with Crippen LogP contribution < -0.4 is 0 Å². The Morgan fingerprint density at radius 2 is 1.90 bits per heavy atom. The van der Waals surface area contributed by atoms with Crippen molar-refractivity contribution in [1.29, 1.82) is 0 Å². The van der Waals surface area contributed by atoms with Gasteiger partial charge in [-0.3, -0.25) is 0 Å². The third-order valence-corrected chi connectivity index (χ3v) is 6.07. The summed E-state index contributed by atoms with van der Waals surface area (Å²) in [6.45, 7) is 6.81. The van der Waals surface area contributed by atoms with Gasteiger partial charge < -0.3 is 14.6 Å². The molecule has 5 heteroatoms. The highest BCUT2D eigenvalue weighted by Crippen LogP contribution is 2.59. The largest absolute Gasteiger partial charge is 0.368 e. The van der Waals surface area contributed by atoms with Crippen molar-refractivity contribution >= 4 is 0 Å². The second-order valence-corrected chi connectivity index (χ2v) is 7.47.